The molecule has 0 amide bonds. The zero-order chi connectivity index (χ0) is 23.7. The molecule has 196 valence electrons. The van der Waals surface area contributed by atoms with Gasteiger partial charge in [-0.25, -0.2) is 10.9 Å². The zero-order valence-corrected chi connectivity index (χ0v) is 20.6. The molecule has 1 rings (SSSR count). The highest BCUT2D eigenvalue weighted by molar-refractivity contribution is 5.69. The molecule has 0 aromatic heterocycles. The third-order valence-electron chi connectivity index (χ3n) is 6.11. The van der Waals surface area contributed by atoms with Crippen molar-refractivity contribution in [1.29, 1.82) is 0 Å². The molecule has 10 N–H and O–H groups in total. The Balaban J connectivity index is 2.16. The number of carboxylic acids is 1. The van der Waals surface area contributed by atoms with Gasteiger partial charge in [0.1, 0.15) is 0 Å². The first-order valence-electron chi connectivity index (χ1n) is 13.2. The molecule has 1 aliphatic heterocycles. The smallest absolute Gasteiger partial charge is 0.306 e. The number of carboxylic acid groups (broad SMARTS) is 1. The third kappa shape index (κ3) is 21.4. The van der Waals surface area contributed by atoms with Crippen LogP contribution in [0.4, 0.5) is 0 Å². The predicted molar refractivity (Wildman–Crippen MR) is 132 cm³/mol. The Morgan fingerprint density at radius 3 is 1.12 bits per heavy atom. The van der Waals surface area contributed by atoms with E-state index in [1.807, 2.05) is 0 Å². The molecule has 11 nitrogen and oxygen atoms in total. The van der Waals surface area contributed by atoms with Crippen molar-refractivity contribution < 1.29 is 9.90 Å². The largest absolute Gasteiger partial charge is 0.481 e. The van der Waals surface area contributed by atoms with Crippen molar-refractivity contribution in [2.45, 2.75) is 116 Å². The van der Waals surface area contributed by atoms with Crippen molar-refractivity contribution in [3.05, 3.63) is 0 Å². The number of aliphatic carboxylic acids is 1. The van der Waals surface area contributed by atoms with Gasteiger partial charge in [-0.1, -0.05) is 89.9 Å². The van der Waals surface area contributed by atoms with E-state index in [1.165, 1.54) is 64.2 Å². The van der Waals surface area contributed by atoms with Crippen molar-refractivity contribution in [3.63, 3.8) is 0 Å². The lowest BCUT2D eigenvalue weighted by molar-refractivity contribution is -0.142. The molecule has 33 heavy (non-hydrogen) atoms. The number of nitrogens with one attached hydrogen (secondary N) is 9. The van der Waals surface area contributed by atoms with Gasteiger partial charge in [-0.15, -0.1) is 0 Å². The van der Waals surface area contributed by atoms with Gasteiger partial charge >= 0.3 is 5.97 Å². The first-order valence-corrected chi connectivity index (χ1v) is 13.2. The zero-order valence-electron chi connectivity index (χ0n) is 20.6. The van der Waals surface area contributed by atoms with Crippen LogP contribution in [0, 0.1) is 5.92 Å². The Morgan fingerprint density at radius 1 is 0.455 bits per heavy atom. The second kappa shape index (κ2) is 24.2. The van der Waals surface area contributed by atoms with Crippen molar-refractivity contribution in [1.82, 2.24) is 49.6 Å². The lowest BCUT2D eigenvalue weighted by Gasteiger charge is -2.13. The van der Waals surface area contributed by atoms with Crippen LogP contribution in [0.5, 0.6) is 0 Å². The van der Waals surface area contributed by atoms with Gasteiger partial charge in [0.25, 0.3) is 0 Å². The lowest BCUT2D eigenvalue weighted by atomic mass is 9.94. The minimum Gasteiger partial charge on any atom is -0.481 e. The number of carbonyl (C=O) groups is 1. The van der Waals surface area contributed by atoms with Gasteiger partial charge in [0.15, 0.2) is 0 Å². The Bertz CT molecular complexity index is 403. The summed E-state index contributed by atoms with van der Waals surface area (Å²) < 4.78 is 0. The van der Waals surface area contributed by atoms with E-state index in [9.17, 15) is 9.90 Å². The number of hydrogen-bond donors (Lipinski definition) is 10. The molecule has 0 radical (unpaired) electrons. The Labute approximate surface area is 200 Å². The van der Waals surface area contributed by atoms with Gasteiger partial charge < -0.3 is 5.11 Å². The molecule has 1 heterocycles. The Kier molecular flexibility index (Phi) is 22.1. The minimum atomic E-state index is -0.597. The summed E-state index contributed by atoms with van der Waals surface area (Å²) in [6, 6.07) is 0. The first kappa shape index (κ1) is 30.1. The molecule has 1 saturated heterocycles. The normalized spacial score (nSPS) is 23.4. The summed E-state index contributed by atoms with van der Waals surface area (Å²) in [6.45, 7) is 1.78. The highest BCUT2D eigenvalue weighted by Crippen LogP contribution is 2.20. The quantitative estimate of drug-likeness (QED) is 0.274. The van der Waals surface area contributed by atoms with Crippen molar-refractivity contribution >= 4 is 5.97 Å². The summed E-state index contributed by atoms with van der Waals surface area (Å²) in [5.74, 6) is -0.738. The molecule has 1 fully saturated rings. The molecule has 1 aliphatic rings. The maximum atomic E-state index is 11.5. The van der Waals surface area contributed by atoms with Gasteiger partial charge in [-0.2, -0.15) is 38.7 Å². The number of rotatable bonds is 1. The Morgan fingerprint density at radius 2 is 0.758 bits per heavy atom. The molecule has 0 unspecified atom stereocenters. The van der Waals surface area contributed by atoms with Gasteiger partial charge in [-0.05, 0) is 25.7 Å². The van der Waals surface area contributed by atoms with Crippen molar-refractivity contribution in [3.8, 4) is 0 Å². The summed E-state index contributed by atoms with van der Waals surface area (Å²) in [5, 5.41) is 9.51. The summed E-state index contributed by atoms with van der Waals surface area (Å²) in [7, 11) is 0. The van der Waals surface area contributed by atoms with E-state index >= 15 is 0 Å². The van der Waals surface area contributed by atoms with E-state index in [0.29, 0.717) is 0 Å². The Hall–Kier alpha value is -0.890. The first-order chi connectivity index (χ1) is 16.3. The van der Waals surface area contributed by atoms with Crippen LogP contribution in [-0.2, 0) is 4.79 Å². The topological polar surface area (TPSA) is 146 Å². The maximum absolute atomic E-state index is 11.5. The summed E-state index contributed by atoms with van der Waals surface area (Å²) in [6.07, 6.45) is 20.8. The number of hydrazine groups is 8. The van der Waals surface area contributed by atoms with Gasteiger partial charge in [0.2, 0.25) is 0 Å². The van der Waals surface area contributed by atoms with Crippen molar-refractivity contribution in [2.24, 2.45) is 5.92 Å². The summed E-state index contributed by atoms with van der Waals surface area (Å²) in [5.41, 5.74) is 25.6. The second-order valence-corrected chi connectivity index (χ2v) is 9.00. The highest BCUT2D eigenvalue weighted by Gasteiger charge is 2.16. The minimum absolute atomic E-state index is 0.141. The standard InChI is InChI=1S/C22H51N9O2/c32-22(33)21-17-13-9-5-1-3-7-11-15-19-23-25-27-29-31-30-28-26-24-20-16-12-8-4-2-6-10-14-18-21/h21,23-31H,1-20H2,(H,32,33). The molecule has 0 atom stereocenters. The van der Waals surface area contributed by atoms with Crippen LogP contribution >= 0.6 is 0 Å². The van der Waals surface area contributed by atoms with E-state index in [1.54, 1.807) is 0 Å². The molecule has 0 bridgehead atoms. The van der Waals surface area contributed by atoms with Crippen LogP contribution in [0.1, 0.15) is 116 Å². The lowest BCUT2D eigenvalue weighted by Crippen LogP contribution is -2.64. The molecule has 11 heteroatoms. The molecule has 0 aromatic rings. The molecule has 0 saturated carbocycles. The average Bonchev–Trinajstić information content (AvgIpc) is 2.80. The fourth-order valence-corrected chi connectivity index (χ4v) is 4.09. The highest BCUT2D eigenvalue weighted by atomic mass is 16.4. The van der Waals surface area contributed by atoms with Crippen LogP contribution in [0.15, 0.2) is 0 Å². The van der Waals surface area contributed by atoms with Crippen LogP contribution < -0.4 is 49.6 Å². The molecular weight excluding hydrogens is 422 g/mol. The van der Waals surface area contributed by atoms with Crippen LogP contribution in [0.3, 0.4) is 0 Å². The summed E-state index contributed by atoms with van der Waals surface area (Å²) in [4.78, 5) is 11.5. The molecule has 0 spiro atoms. The van der Waals surface area contributed by atoms with Crippen LogP contribution in [0.2, 0.25) is 0 Å². The monoisotopic (exact) mass is 473 g/mol. The predicted octanol–water partition coefficient (Wildman–Crippen LogP) is 2.35. The maximum Gasteiger partial charge on any atom is 0.306 e. The van der Waals surface area contributed by atoms with Gasteiger partial charge in [0.05, 0.1) is 5.92 Å². The second-order valence-electron chi connectivity index (χ2n) is 9.00. The summed E-state index contributed by atoms with van der Waals surface area (Å²) >= 11 is 0. The van der Waals surface area contributed by atoms with E-state index in [4.69, 9.17) is 0 Å². The van der Waals surface area contributed by atoms with E-state index in [0.717, 1.165) is 64.5 Å². The van der Waals surface area contributed by atoms with Gasteiger partial charge in [0, 0.05) is 13.1 Å². The average molecular weight is 474 g/mol. The van der Waals surface area contributed by atoms with Crippen LogP contribution in [-0.4, -0.2) is 24.2 Å². The van der Waals surface area contributed by atoms with E-state index in [2.05, 4.69) is 49.6 Å². The molecule has 0 aromatic carbocycles. The SMILES string of the molecule is O=C(O)C1CCCCCCCCCCNNNNNNNNNCCCCCCCCCC1. The van der Waals surface area contributed by atoms with E-state index < -0.39 is 5.97 Å². The fraction of sp³-hybridized carbons (Fsp3) is 0.955. The molecule has 0 aliphatic carbocycles. The number of hydrogen-bond acceptors (Lipinski definition) is 10. The fourth-order valence-electron chi connectivity index (χ4n) is 4.09. The molecular formula is C22H51N9O2. The third-order valence-corrected chi connectivity index (χ3v) is 6.11. The van der Waals surface area contributed by atoms with Crippen molar-refractivity contribution in [2.75, 3.05) is 13.1 Å². The van der Waals surface area contributed by atoms with E-state index in [-0.39, 0.29) is 5.92 Å². The van der Waals surface area contributed by atoms with Gasteiger partial charge in [-0.3, -0.25) is 4.79 Å². The van der Waals surface area contributed by atoms with Crippen LogP contribution in [0.25, 0.3) is 0 Å².